The maximum absolute atomic E-state index is 6.75. The predicted molar refractivity (Wildman–Crippen MR) is 239 cm³/mol. The van der Waals surface area contributed by atoms with Crippen LogP contribution in [0.15, 0.2) is 125 Å². The molecule has 0 fully saturated rings. The van der Waals surface area contributed by atoms with E-state index in [1.807, 2.05) is 53.5 Å². The fourth-order valence-electron chi connectivity index (χ4n) is 9.02. The summed E-state index contributed by atoms with van der Waals surface area (Å²) in [7, 11) is 0. The first-order valence-corrected chi connectivity index (χ1v) is 21.7. The first-order valence-electron chi connectivity index (χ1n) is 20.9. The van der Waals surface area contributed by atoms with Crippen LogP contribution in [0.5, 0.6) is 0 Å². The molecule has 6 aromatic heterocycles. The second-order valence-electron chi connectivity index (χ2n) is 16.5. The van der Waals surface area contributed by atoms with Crippen molar-refractivity contribution in [3.05, 3.63) is 171 Å². The van der Waals surface area contributed by atoms with E-state index in [9.17, 15) is 0 Å². The van der Waals surface area contributed by atoms with Gasteiger partial charge >= 0.3 is 5.89 Å². The lowest BCUT2D eigenvalue weighted by atomic mass is 10.0. The predicted octanol–water partition coefficient (Wildman–Crippen LogP) is 9.41. The lowest BCUT2D eigenvalue weighted by molar-refractivity contribution is -0.601. The molecule has 4 aromatic carbocycles. The molecule has 0 atom stereocenters. The molecule has 14 nitrogen and oxygen atoms in total. The molecule has 0 saturated heterocycles. The second kappa shape index (κ2) is 14.9. The van der Waals surface area contributed by atoms with Crippen molar-refractivity contribution in [1.82, 2.24) is 54.0 Å². The van der Waals surface area contributed by atoms with Crippen LogP contribution in [0.4, 0.5) is 0 Å². The molecule has 8 heterocycles. The Morgan fingerprint density at radius 1 is 0.703 bits per heavy atom. The third-order valence-corrected chi connectivity index (χ3v) is 12.5. The van der Waals surface area contributed by atoms with E-state index >= 15 is 0 Å². The maximum Gasteiger partial charge on any atom is 0.302 e. The van der Waals surface area contributed by atoms with Gasteiger partial charge in [-0.25, -0.2) is 4.98 Å². The first-order chi connectivity index (χ1) is 31.2. The number of hydrogen-bond acceptors (Lipinski definition) is 9. The lowest BCUT2D eigenvalue weighted by Crippen LogP contribution is -2.33. The van der Waals surface area contributed by atoms with E-state index < -0.39 is 0 Å². The molecule has 0 amide bonds. The van der Waals surface area contributed by atoms with Crippen LogP contribution in [-0.4, -0.2) is 54.0 Å². The van der Waals surface area contributed by atoms with Crippen LogP contribution >= 0.6 is 23.2 Å². The summed E-state index contributed by atoms with van der Waals surface area (Å²) in [5.41, 5.74) is 14.4. The Bertz CT molecular complexity index is 3420. The molecule has 0 spiro atoms. The summed E-state index contributed by atoms with van der Waals surface area (Å²) in [6, 6.07) is 30.8. The van der Waals surface area contributed by atoms with Gasteiger partial charge in [-0.1, -0.05) is 89.8 Å². The molecule has 64 heavy (non-hydrogen) atoms. The number of aryl methyl sites for hydroxylation is 1. The van der Waals surface area contributed by atoms with Crippen LogP contribution in [0.2, 0.25) is 10.0 Å². The van der Waals surface area contributed by atoms with Crippen molar-refractivity contribution in [2.45, 2.75) is 52.6 Å². The van der Waals surface area contributed by atoms with Gasteiger partial charge in [0, 0.05) is 51.1 Å². The third-order valence-electron chi connectivity index (χ3n) is 12.0. The molecule has 10 aromatic rings. The van der Waals surface area contributed by atoms with Crippen LogP contribution < -0.4 is 4.57 Å². The Morgan fingerprint density at radius 2 is 1.39 bits per heavy atom. The molecule has 0 radical (unpaired) electrons. The van der Waals surface area contributed by atoms with E-state index in [0.717, 1.165) is 78.9 Å². The molecular weight excluding hydrogens is 848 g/mol. The zero-order valence-corrected chi connectivity index (χ0v) is 36.3. The van der Waals surface area contributed by atoms with Crippen molar-refractivity contribution in [2.75, 3.05) is 0 Å². The smallest absolute Gasteiger partial charge is 0.302 e. The maximum atomic E-state index is 6.75. The van der Waals surface area contributed by atoms with Crippen LogP contribution in [0.25, 0.3) is 62.7 Å². The molecule has 0 aliphatic carbocycles. The summed E-state index contributed by atoms with van der Waals surface area (Å²) in [6.07, 6.45) is 8.90. The number of hydrogen-bond donors (Lipinski definition) is 0. The second-order valence-corrected chi connectivity index (χ2v) is 17.4. The minimum absolute atomic E-state index is 0.0794. The Kier molecular flexibility index (Phi) is 8.88. The average Bonchev–Trinajstić information content (AvgIpc) is 4.16. The van der Waals surface area contributed by atoms with Crippen molar-refractivity contribution in [2.24, 2.45) is 0 Å². The average molecular weight is 885 g/mol. The summed E-state index contributed by atoms with van der Waals surface area (Å²) in [5, 5.41) is 19.6. The van der Waals surface area contributed by atoms with Gasteiger partial charge in [0.15, 0.2) is 23.0 Å². The first kappa shape index (κ1) is 38.3. The number of fused-ring (bicyclic) bond motifs is 10. The third kappa shape index (κ3) is 6.31. The monoisotopic (exact) mass is 883 g/mol. The number of benzene rings is 4. The van der Waals surface area contributed by atoms with E-state index in [4.69, 9.17) is 52.4 Å². The van der Waals surface area contributed by atoms with Gasteiger partial charge in [0.2, 0.25) is 5.69 Å². The number of nitrogens with zero attached hydrogens (tertiary/aromatic N) is 12. The molecule has 16 heteroatoms. The van der Waals surface area contributed by atoms with Crippen molar-refractivity contribution in [3.8, 4) is 62.7 Å². The molecule has 12 rings (SSSR count). The molecule has 0 bridgehead atoms. The number of halogens is 2. The number of imidazole rings is 2. The Labute approximate surface area is 376 Å². The highest BCUT2D eigenvalue weighted by Gasteiger charge is 2.37. The minimum atomic E-state index is 0.0794. The Hall–Kier alpha value is -7.42. The van der Waals surface area contributed by atoms with Gasteiger partial charge in [-0.3, -0.25) is 9.36 Å². The van der Waals surface area contributed by atoms with E-state index in [-0.39, 0.29) is 5.92 Å². The quantitative estimate of drug-likeness (QED) is 0.137. The standard InChI is InChI=1S/C48H37Cl2N12O2/c1-27(2)46-55-48(64-57-46)45-41-18-32-22-53-61(23-29-7-5-4-6-8-29)44(32)37-20-34(50)12-16-39(37)60(41)26-59(45)35-13-9-30(10-14-35)24-62-43-31(21-52-62)17-40-42(47-54-28(3)56-63-47)51-25-58(40)38-15-11-33(49)19-36(38)43/h4-16,19-22,25-27H,17-18,23-24H2,1-3H3/q+1. The van der Waals surface area contributed by atoms with Crippen molar-refractivity contribution < 1.29 is 13.6 Å². The van der Waals surface area contributed by atoms with Crippen LogP contribution in [0, 0.1) is 6.92 Å². The topological polar surface area (TPSA) is 140 Å². The minimum Gasteiger partial charge on any atom is -0.332 e. The van der Waals surface area contributed by atoms with Crippen molar-refractivity contribution in [3.63, 3.8) is 0 Å². The van der Waals surface area contributed by atoms with Crippen LogP contribution in [0.1, 0.15) is 65.1 Å². The van der Waals surface area contributed by atoms with Gasteiger partial charge in [0.05, 0.1) is 48.3 Å². The van der Waals surface area contributed by atoms with Gasteiger partial charge in [-0.15, -0.1) is 0 Å². The molecule has 0 unspecified atom stereocenters. The van der Waals surface area contributed by atoms with Crippen LogP contribution in [0.3, 0.4) is 0 Å². The summed E-state index contributed by atoms with van der Waals surface area (Å²) in [6.45, 7) is 7.04. The largest absolute Gasteiger partial charge is 0.332 e. The summed E-state index contributed by atoms with van der Waals surface area (Å²) in [5.74, 6) is 2.08. The molecule has 2 aliphatic rings. The molecule has 314 valence electrons. The SMILES string of the molecule is Cc1noc(-c2ncn3c2Cc2cnn(Cc4ccc(-n5c[n+]6c(c5-c5nc(C(C)C)no5)Cc5cnn(Cc7ccccc7)c5-c5cc(Cl)ccc5-6)cc4)c2-c2cc(Cl)ccc2-3)n1. The van der Waals surface area contributed by atoms with Gasteiger partial charge in [-0.2, -0.15) is 29.3 Å². The fourth-order valence-corrected chi connectivity index (χ4v) is 9.37. The van der Waals surface area contributed by atoms with Gasteiger partial charge in [-0.05, 0) is 66.6 Å². The van der Waals surface area contributed by atoms with E-state index in [1.165, 1.54) is 0 Å². The number of rotatable bonds is 8. The Balaban J connectivity index is 0.938. The normalized spacial score (nSPS) is 12.6. The van der Waals surface area contributed by atoms with Gasteiger partial charge < -0.3 is 13.6 Å². The lowest BCUT2D eigenvalue weighted by Gasteiger charge is -2.13. The van der Waals surface area contributed by atoms with E-state index in [1.54, 1.807) is 13.3 Å². The van der Waals surface area contributed by atoms with Crippen molar-refractivity contribution in [1.29, 1.82) is 0 Å². The summed E-state index contributed by atoms with van der Waals surface area (Å²) < 4.78 is 22.2. The fraction of sp³-hybridized carbons (Fsp3) is 0.167. The van der Waals surface area contributed by atoms with Gasteiger partial charge in [0.1, 0.15) is 17.7 Å². The van der Waals surface area contributed by atoms with Crippen LogP contribution in [-0.2, 0) is 25.9 Å². The molecule has 0 N–H and O–H groups in total. The van der Waals surface area contributed by atoms with Gasteiger partial charge in [0.25, 0.3) is 12.2 Å². The zero-order valence-electron chi connectivity index (χ0n) is 34.8. The molecular formula is C48H37Cl2N12O2+. The molecule has 2 aliphatic heterocycles. The zero-order chi connectivity index (χ0) is 43.2. The van der Waals surface area contributed by atoms with Crippen molar-refractivity contribution >= 4 is 23.2 Å². The highest BCUT2D eigenvalue weighted by Crippen LogP contribution is 2.41. The summed E-state index contributed by atoms with van der Waals surface area (Å²) >= 11 is 13.4. The summed E-state index contributed by atoms with van der Waals surface area (Å²) in [4.78, 5) is 14.1. The Morgan fingerprint density at radius 3 is 2.11 bits per heavy atom. The van der Waals surface area contributed by atoms with E-state index in [0.29, 0.717) is 65.1 Å². The highest BCUT2D eigenvalue weighted by molar-refractivity contribution is 6.31. The van der Waals surface area contributed by atoms with E-state index in [2.05, 4.69) is 108 Å². The molecule has 0 saturated carbocycles. The number of aromatic nitrogens is 12. The highest BCUT2D eigenvalue weighted by atomic mass is 35.5.